The van der Waals surface area contributed by atoms with Crippen molar-refractivity contribution in [1.29, 1.82) is 0 Å². The molecular weight excluding hydrogens is 304 g/mol. The zero-order chi connectivity index (χ0) is 17.6. The van der Waals surface area contributed by atoms with Gasteiger partial charge in [0.15, 0.2) is 0 Å². The fraction of sp³-hybridized carbons (Fsp3) is 0.800. The maximum Gasteiger partial charge on any atom is 0.410 e. The summed E-state index contributed by atoms with van der Waals surface area (Å²) in [5.74, 6) is -1.78. The number of rotatable bonds is 5. The van der Waals surface area contributed by atoms with Gasteiger partial charge in [-0.25, -0.2) is 9.59 Å². The molecule has 1 heterocycles. The first-order valence-electron chi connectivity index (χ1n) is 7.64. The van der Waals surface area contributed by atoms with Crippen molar-refractivity contribution in [1.82, 2.24) is 10.2 Å². The summed E-state index contributed by atoms with van der Waals surface area (Å²) in [5.41, 5.74) is -0.659. The lowest BCUT2D eigenvalue weighted by atomic mass is 9.91. The van der Waals surface area contributed by atoms with E-state index in [1.54, 1.807) is 20.8 Å². The van der Waals surface area contributed by atoms with Crippen LogP contribution >= 0.6 is 0 Å². The Morgan fingerprint density at radius 2 is 1.87 bits per heavy atom. The number of amides is 2. The summed E-state index contributed by atoms with van der Waals surface area (Å²) >= 11 is 0. The molecule has 1 atom stereocenters. The summed E-state index contributed by atoms with van der Waals surface area (Å²) < 4.78 is 10.3. The molecule has 8 nitrogen and oxygen atoms in total. The summed E-state index contributed by atoms with van der Waals surface area (Å²) in [6.45, 7) is 5.89. The standard InChI is InChI=1S/C15H26N2O6/c1-15(2,3)23-14(21)17(4)9-11(18)16-12(13(19)20)10-5-7-22-8-6-10/h10,12H,5-9H2,1-4H3,(H,16,18)(H,19,20)/t12-/m0/s1. The van der Waals surface area contributed by atoms with Crippen LogP contribution in [0.2, 0.25) is 0 Å². The van der Waals surface area contributed by atoms with Crippen LogP contribution in [-0.4, -0.2) is 66.4 Å². The fourth-order valence-corrected chi connectivity index (χ4v) is 2.27. The average molecular weight is 330 g/mol. The van der Waals surface area contributed by atoms with Crippen molar-refractivity contribution in [3.8, 4) is 0 Å². The van der Waals surface area contributed by atoms with Gasteiger partial charge in [0.2, 0.25) is 5.91 Å². The van der Waals surface area contributed by atoms with Gasteiger partial charge in [0.25, 0.3) is 0 Å². The minimum atomic E-state index is -1.08. The number of nitrogens with one attached hydrogen (secondary N) is 1. The molecule has 2 amide bonds. The van der Waals surface area contributed by atoms with E-state index in [2.05, 4.69) is 5.32 Å². The molecule has 0 aromatic heterocycles. The molecule has 0 radical (unpaired) electrons. The number of ether oxygens (including phenoxy) is 2. The van der Waals surface area contributed by atoms with E-state index >= 15 is 0 Å². The van der Waals surface area contributed by atoms with Crippen LogP contribution in [0.4, 0.5) is 4.79 Å². The molecule has 0 saturated carbocycles. The Morgan fingerprint density at radius 3 is 2.35 bits per heavy atom. The Bertz CT molecular complexity index is 440. The third kappa shape index (κ3) is 6.85. The zero-order valence-electron chi connectivity index (χ0n) is 14.1. The summed E-state index contributed by atoms with van der Waals surface area (Å²) in [6, 6.07) is -0.974. The van der Waals surface area contributed by atoms with Gasteiger partial charge in [0, 0.05) is 20.3 Å². The quantitative estimate of drug-likeness (QED) is 0.774. The van der Waals surface area contributed by atoms with Crippen LogP contribution in [0.25, 0.3) is 0 Å². The maximum atomic E-state index is 12.0. The third-order valence-electron chi connectivity index (χ3n) is 3.41. The minimum Gasteiger partial charge on any atom is -0.480 e. The first-order valence-corrected chi connectivity index (χ1v) is 7.64. The first kappa shape index (κ1) is 19.2. The van der Waals surface area contributed by atoms with Gasteiger partial charge in [-0.2, -0.15) is 0 Å². The molecule has 1 saturated heterocycles. The molecule has 0 aromatic carbocycles. The van der Waals surface area contributed by atoms with Gasteiger partial charge in [-0.1, -0.05) is 0 Å². The van der Waals surface area contributed by atoms with Crippen LogP contribution in [0.5, 0.6) is 0 Å². The molecule has 0 unspecified atom stereocenters. The highest BCUT2D eigenvalue weighted by atomic mass is 16.6. The van der Waals surface area contributed by atoms with Crippen LogP contribution in [0, 0.1) is 5.92 Å². The van der Waals surface area contributed by atoms with Gasteiger partial charge in [-0.05, 0) is 39.5 Å². The molecule has 1 fully saturated rings. The van der Waals surface area contributed by atoms with Gasteiger partial charge in [-0.15, -0.1) is 0 Å². The fourth-order valence-electron chi connectivity index (χ4n) is 2.27. The summed E-state index contributed by atoms with van der Waals surface area (Å²) in [5, 5.41) is 11.8. The zero-order valence-corrected chi connectivity index (χ0v) is 14.1. The number of carboxylic acids is 1. The Morgan fingerprint density at radius 1 is 1.30 bits per heavy atom. The second-order valence-electron chi connectivity index (χ2n) is 6.67. The number of carbonyl (C=O) groups is 3. The van der Waals surface area contributed by atoms with Gasteiger partial charge < -0.3 is 24.8 Å². The minimum absolute atomic E-state index is 0.169. The predicted octanol–water partition coefficient (Wildman–Crippen LogP) is 0.849. The third-order valence-corrected chi connectivity index (χ3v) is 3.41. The van der Waals surface area contributed by atoms with E-state index in [0.717, 1.165) is 4.90 Å². The Hall–Kier alpha value is -1.83. The van der Waals surface area contributed by atoms with Gasteiger partial charge in [0.1, 0.15) is 18.2 Å². The Kier molecular flexibility index (Phi) is 6.80. The van der Waals surface area contributed by atoms with Crippen molar-refractivity contribution in [2.45, 2.75) is 45.3 Å². The summed E-state index contributed by atoms with van der Waals surface area (Å²) in [4.78, 5) is 36.3. The lowest BCUT2D eigenvalue weighted by molar-refractivity contribution is -0.144. The van der Waals surface area contributed by atoms with Gasteiger partial charge >= 0.3 is 12.1 Å². The number of carbonyl (C=O) groups excluding carboxylic acids is 2. The molecule has 0 bridgehead atoms. The maximum absolute atomic E-state index is 12.0. The number of likely N-dealkylation sites (N-methyl/N-ethyl adjacent to an activating group) is 1. The van der Waals surface area contributed by atoms with Crippen molar-refractivity contribution < 1.29 is 29.0 Å². The van der Waals surface area contributed by atoms with Crippen molar-refractivity contribution in [2.24, 2.45) is 5.92 Å². The molecule has 0 aromatic rings. The molecule has 1 aliphatic rings. The van der Waals surface area contributed by atoms with Crippen LogP contribution in [0.1, 0.15) is 33.6 Å². The number of aliphatic carboxylic acids is 1. The molecule has 1 rings (SSSR count). The van der Waals surface area contributed by atoms with Crippen LogP contribution in [-0.2, 0) is 19.1 Å². The van der Waals surface area contributed by atoms with E-state index in [9.17, 15) is 19.5 Å². The number of hydrogen-bond acceptors (Lipinski definition) is 5. The molecule has 132 valence electrons. The van der Waals surface area contributed by atoms with E-state index in [1.165, 1.54) is 7.05 Å². The normalized spacial score (nSPS) is 17.2. The first-order chi connectivity index (χ1) is 10.6. The average Bonchev–Trinajstić information content (AvgIpc) is 2.43. The van der Waals surface area contributed by atoms with E-state index in [1.807, 2.05) is 0 Å². The Labute approximate surface area is 136 Å². The molecule has 0 aliphatic carbocycles. The SMILES string of the molecule is CN(CC(=O)N[C@H](C(=O)O)C1CCOCC1)C(=O)OC(C)(C)C. The highest BCUT2D eigenvalue weighted by molar-refractivity contribution is 5.86. The summed E-state index contributed by atoms with van der Waals surface area (Å²) in [6.07, 6.45) is 0.531. The molecule has 2 N–H and O–H groups in total. The molecule has 1 aliphatic heterocycles. The largest absolute Gasteiger partial charge is 0.480 e. The van der Waals surface area contributed by atoms with Gasteiger partial charge in [0.05, 0.1) is 0 Å². The summed E-state index contributed by atoms with van der Waals surface area (Å²) in [7, 11) is 1.43. The van der Waals surface area contributed by atoms with Crippen molar-refractivity contribution in [2.75, 3.05) is 26.8 Å². The van der Waals surface area contributed by atoms with E-state index in [4.69, 9.17) is 9.47 Å². The van der Waals surface area contributed by atoms with E-state index in [-0.39, 0.29) is 12.5 Å². The lowest BCUT2D eigenvalue weighted by Crippen LogP contribution is -2.50. The van der Waals surface area contributed by atoms with Crippen molar-refractivity contribution in [3.05, 3.63) is 0 Å². The highest BCUT2D eigenvalue weighted by Gasteiger charge is 2.31. The second kappa shape index (κ2) is 8.14. The molecule has 23 heavy (non-hydrogen) atoms. The Balaban J connectivity index is 2.55. The molecule has 0 spiro atoms. The lowest BCUT2D eigenvalue weighted by Gasteiger charge is -2.29. The number of carboxylic acid groups (broad SMARTS) is 1. The van der Waals surface area contributed by atoms with Gasteiger partial charge in [-0.3, -0.25) is 4.79 Å². The molecule has 8 heteroatoms. The van der Waals surface area contributed by atoms with E-state index < -0.39 is 29.6 Å². The van der Waals surface area contributed by atoms with Crippen LogP contribution in [0.3, 0.4) is 0 Å². The second-order valence-corrected chi connectivity index (χ2v) is 6.67. The highest BCUT2D eigenvalue weighted by Crippen LogP contribution is 2.19. The number of hydrogen-bond donors (Lipinski definition) is 2. The number of nitrogens with zero attached hydrogens (tertiary/aromatic N) is 1. The van der Waals surface area contributed by atoms with Crippen molar-refractivity contribution in [3.63, 3.8) is 0 Å². The monoisotopic (exact) mass is 330 g/mol. The molecular formula is C15H26N2O6. The predicted molar refractivity (Wildman–Crippen MR) is 82.0 cm³/mol. The van der Waals surface area contributed by atoms with Crippen LogP contribution in [0.15, 0.2) is 0 Å². The van der Waals surface area contributed by atoms with Crippen molar-refractivity contribution >= 4 is 18.0 Å². The van der Waals surface area contributed by atoms with E-state index in [0.29, 0.717) is 26.1 Å². The van der Waals surface area contributed by atoms with Crippen LogP contribution < -0.4 is 5.32 Å². The topological polar surface area (TPSA) is 105 Å². The smallest absolute Gasteiger partial charge is 0.410 e.